The first-order valence-electron chi connectivity index (χ1n) is 6.25. The van der Waals surface area contributed by atoms with Crippen LogP contribution in [-0.4, -0.2) is 0 Å². The van der Waals surface area contributed by atoms with Crippen LogP contribution in [-0.2, 0) is 6.42 Å². The molecule has 17 heavy (non-hydrogen) atoms. The van der Waals surface area contributed by atoms with E-state index in [1.165, 1.54) is 27.8 Å². The Kier molecular flexibility index (Phi) is 2.56. The van der Waals surface area contributed by atoms with Crippen LogP contribution >= 0.6 is 0 Å². The second-order valence-corrected chi connectivity index (χ2v) is 4.58. The number of benzene rings is 2. The standard InChI is InChI=1S/C17H16/c1-2-13-11-14-7-3-5-9-16(14)17-10-6-4-8-15(17)12-13/h3-11H,2,12H2,1H3. The minimum atomic E-state index is 1.08. The molecular weight excluding hydrogens is 204 g/mol. The lowest BCUT2D eigenvalue weighted by Gasteiger charge is -2.08. The lowest BCUT2D eigenvalue weighted by Crippen LogP contribution is -1.89. The Morgan fingerprint density at radius 1 is 0.882 bits per heavy atom. The number of allylic oxidation sites excluding steroid dienone is 1. The van der Waals surface area contributed by atoms with Gasteiger partial charge in [0.1, 0.15) is 0 Å². The molecule has 0 radical (unpaired) electrons. The molecule has 2 aromatic carbocycles. The molecule has 84 valence electrons. The predicted octanol–water partition coefficient (Wildman–Crippen LogP) is 4.70. The Bertz CT molecular complexity index is 576. The van der Waals surface area contributed by atoms with Gasteiger partial charge in [-0.05, 0) is 35.1 Å². The summed E-state index contributed by atoms with van der Waals surface area (Å²) in [6.07, 6.45) is 4.57. The summed E-state index contributed by atoms with van der Waals surface area (Å²) in [5.41, 5.74) is 7.08. The van der Waals surface area contributed by atoms with Crippen molar-refractivity contribution in [1.29, 1.82) is 0 Å². The Labute approximate surface area is 103 Å². The van der Waals surface area contributed by atoms with E-state index in [2.05, 4.69) is 61.5 Å². The van der Waals surface area contributed by atoms with Gasteiger partial charge in [-0.2, -0.15) is 0 Å². The zero-order valence-corrected chi connectivity index (χ0v) is 10.1. The van der Waals surface area contributed by atoms with E-state index < -0.39 is 0 Å². The van der Waals surface area contributed by atoms with Crippen LogP contribution in [0, 0.1) is 0 Å². The van der Waals surface area contributed by atoms with Crippen LogP contribution in [0.25, 0.3) is 17.2 Å². The highest BCUT2D eigenvalue weighted by atomic mass is 14.2. The van der Waals surface area contributed by atoms with Crippen LogP contribution in [0.5, 0.6) is 0 Å². The predicted molar refractivity (Wildman–Crippen MR) is 73.9 cm³/mol. The summed E-state index contributed by atoms with van der Waals surface area (Å²) in [6.45, 7) is 2.24. The highest BCUT2D eigenvalue weighted by molar-refractivity contribution is 5.80. The summed E-state index contributed by atoms with van der Waals surface area (Å²) in [6, 6.07) is 17.4. The summed E-state index contributed by atoms with van der Waals surface area (Å²) in [5, 5.41) is 0. The maximum atomic E-state index is 2.36. The molecule has 1 aliphatic rings. The molecule has 0 fully saturated rings. The summed E-state index contributed by atoms with van der Waals surface area (Å²) in [4.78, 5) is 0. The summed E-state index contributed by atoms with van der Waals surface area (Å²) in [5.74, 6) is 0. The Hall–Kier alpha value is -1.82. The molecule has 3 rings (SSSR count). The second kappa shape index (κ2) is 4.21. The van der Waals surface area contributed by atoms with Crippen LogP contribution in [0.1, 0.15) is 24.5 Å². The first-order valence-corrected chi connectivity index (χ1v) is 6.25. The maximum absolute atomic E-state index is 2.36. The van der Waals surface area contributed by atoms with E-state index in [-0.39, 0.29) is 0 Å². The zero-order chi connectivity index (χ0) is 11.7. The molecule has 0 heteroatoms. The topological polar surface area (TPSA) is 0 Å². The fourth-order valence-electron chi connectivity index (χ4n) is 2.55. The molecule has 0 N–H and O–H groups in total. The molecule has 0 aliphatic heterocycles. The van der Waals surface area contributed by atoms with E-state index in [0.29, 0.717) is 0 Å². The summed E-state index contributed by atoms with van der Waals surface area (Å²) >= 11 is 0. The SMILES string of the molecule is CCC1=Cc2ccccc2-c2ccccc2C1. The number of rotatable bonds is 1. The average molecular weight is 220 g/mol. The second-order valence-electron chi connectivity index (χ2n) is 4.58. The van der Waals surface area contributed by atoms with Gasteiger partial charge in [-0.1, -0.05) is 67.1 Å². The summed E-state index contributed by atoms with van der Waals surface area (Å²) < 4.78 is 0. The highest BCUT2D eigenvalue weighted by Gasteiger charge is 2.12. The maximum Gasteiger partial charge on any atom is -0.00577 e. The third-order valence-electron chi connectivity index (χ3n) is 3.50. The van der Waals surface area contributed by atoms with Crippen molar-refractivity contribution in [2.45, 2.75) is 19.8 Å². The van der Waals surface area contributed by atoms with E-state index in [0.717, 1.165) is 12.8 Å². The van der Waals surface area contributed by atoms with Gasteiger partial charge in [-0.3, -0.25) is 0 Å². The third-order valence-corrected chi connectivity index (χ3v) is 3.50. The van der Waals surface area contributed by atoms with E-state index >= 15 is 0 Å². The van der Waals surface area contributed by atoms with Crippen molar-refractivity contribution in [2.24, 2.45) is 0 Å². The molecule has 0 atom stereocenters. The fraction of sp³-hybridized carbons (Fsp3) is 0.176. The molecule has 0 unspecified atom stereocenters. The molecule has 0 saturated heterocycles. The number of hydrogen-bond acceptors (Lipinski definition) is 0. The average Bonchev–Trinajstić information content (AvgIpc) is 2.55. The van der Waals surface area contributed by atoms with Gasteiger partial charge < -0.3 is 0 Å². The molecule has 0 spiro atoms. The molecule has 0 bridgehead atoms. The van der Waals surface area contributed by atoms with Gasteiger partial charge in [0.2, 0.25) is 0 Å². The molecule has 0 amide bonds. The van der Waals surface area contributed by atoms with Crippen molar-refractivity contribution in [3.8, 4) is 11.1 Å². The molecule has 1 aliphatic carbocycles. The van der Waals surface area contributed by atoms with Crippen molar-refractivity contribution in [3.05, 3.63) is 65.2 Å². The smallest absolute Gasteiger partial charge is 0.00577 e. The Balaban J connectivity index is 2.29. The third kappa shape index (κ3) is 1.80. The summed E-state index contributed by atoms with van der Waals surface area (Å²) in [7, 11) is 0. The van der Waals surface area contributed by atoms with Crippen LogP contribution in [0.4, 0.5) is 0 Å². The fourth-order valence-corrected chi connectivity index (χ4v) is 2.55. The van der Waals surface area contributed by atoms with Crippen LogP contribution in [0.3, 0.4) is 0 Å². The van der Waals surface area contributed by atoms with E-state index in [1.54, 1.807) is 0 Å². The zero-order valence-electron chi connectivity index (χ0n) is 10.1. The monoisotopic (exact) mass is 220 g/mol. The normalized spacial score (nSPS) is 13.4. The van der Waals surface area contributed by atoms with Crippen molar-refractivity contribution in [3.63, 3.8) is 0 Å². The van der Waals surface area contributed by atoms with Gasteiger partial charge >= 0.3 is 0 Å². The van der Waals surface area contributed by atoms with Crippen molar-refractivity contribution in [2.75, 3.05) is 0 Å². The van der Waals surface area contributed by atoms with Gasteiger partial charge in [0, 0.05) is 0 Å². The van der Waals surface area contributed by atoms with E-state index in [1.807, 2.05) is 0 Å². The van der Waals surface area contributed by atoms with Gasteiger partial charge in [0.15, 0.2) is 0 Å². The van der Waals surface area contributed by atoms with E-state index in [9.17, 15) is 0 Å². The van der Waals surface area contributed by atoms with Crippen molar-refractivity contribution >= 4 is 6.08 Å². The van der Waals surface area contributed by atoms with Gasteiger partial charge in [0.25, 0.3) is 0 Å². The van der Waals surface area contributed by atoms with Crippen molar-refractivity contribution in [1.82, 2.24) is 0 Å². The largest absolute Gasteiger partial charge is 0.0655 e. The molecule has 0 saturated carbocycles. The van der Waals surface area contributed by atoms with Crippen molar-refractivity contribution < 1.29 is 0 Å². The van der Waals surface area contributed by atoms with Crippen LogP contribution in [0.2, 0.25) is 0 Å². The van der Waals surface area contributed by atoms with Crippen LogP contribution in [0.15, 0.2) is 54.1 Å². The van der Waals surface area contributed by atoms with Gasteiger partial charge in [-0.25, -0.2) is 0 Å². The molecule has 0 heterocycles. The minimum Gasteiger partial charge on any atom is -0.0655 e. The number of hydrogen-bond donors (Lipinski definition) is 0. The lowest BCUT2D eigenvalue weighted by molar-refractivity contribution is 1.02. The molecular formula is C17H16. The first-order chi connectivity index (χ1) is 8.38. The van der Waals surface area contributed by atoms with Crippen LogP contribution < -0.4 is 0 Å². The lowest BCUT2D eigenvalue weighted by atomic mass is 9.96. The van der Waals surface area contributed by atoms with Gasteiger partial charge in [0.05, 0.1) is 0 Å². The first kappa shape index (κ1) is 10.3. The quantitative estimate of drug-likeness (QED) is 0.653. The molecule has 0 nitrogen and oxygen atoms in total. The molecule has 2 aromatic rings. The van der Waals surface area contributed by atoms with E-state index in [4.69, 9.17) is 0 Å². The number of fused-ring (bicyclic) bond motifs is 3. The van der Waals surface area contributed by atoms with Gasteiger partial charge in [-0.15, -0.1) is 0 Å². The Morgan fingerprint density at radius 2 is 1.59 bits per heavy atom. The highest BCUT2D eigenvalue weighted by Crippen LogP contribution is 2.33. The molecule has 0 aromatic heterocycles. The Morgan fingerprint density at radius 3 is 2.41 bits per heavy atom. The minimum absolute atomic E-state index is 1.08.